The van der Waals surface area contributed by atoms with Crippen molar-refractivity contribution in [3.05, 3.63) is 82.4 Å². The molecule has 0 radical (unpaired) electrons. The molecule has 0 atom stereocenters. The maximum atomic E-state index is 14.5. The summed E-state index contributed by atoms with van der Waals surface area (Å²) in [4.78, 5) is 8.41. The zero-order chi connectivity index (χ0) is 23.6. The van der Waals surface area contributed by atoms with Crippen LogP contribution < -0.4 is 10.0 Å². The molecule has 0 saturated carbocycles. The average molecular weight is 505 g/mol. The molecule has 0 bridgehead atoms. The summed E-state index contributed by atoms with van der Waals surface area (Å²) in [5.74, 6) is 0.280. The summed E-state index contributed by atoms with van der Waals surface area (Å²) in [6.45, 7) is -0.00285. The Balaban J connectivity index is 1.55. The third-order valence-electron chi connectivity index (χ3n) is 5.12. The highest BCUT2D eigenvalue weighted by molar-refractivity contribution is 7.89. The Labute approximate surface area is 200 Å². The predicted molar refractivity (Wildman–Crippen MR) is 130 cm³/mol. The van der Waals surface area contributed by atoms with E-state index in [1.807, 2.05) is 18.2 Å². The molecule has 0 unspecified atom stereocenters. The molecule has 6 nitrogen and oxygen atoms in total. The Hall–Kier alpha value is -2.78. The summed E-state index contributed by atoms with van der Waals surface area (Å²) in [6.07, 6.45) is 1.64. The van der Waals surface area contributed by atoms with Gasteiger partial charge in [0, 0.05) is 24.0 Å². The lowest BCUT2D eigenvalue weighted by Crippen LogP contribution is -2.26. The summed E-state index contributed by atoms with van der Waals surface area (Å²) in [5.41, 5.74) is 2.83. The van der Waals surface area contributed by atoms with Crippen LogP contribution >= 0.6 is 23.2 Å². The Kier molecular flexibility index (Phi) is 6.81. The summed E-state index contributed by atoms with van der Waals surface area (Å²) in [7, 11) is -2.09. The van der Waals surface area contributed by atoms with Gasteiger partial charge in [-0.3, -0.25) is 0 Å². The zero-order valence-corrected chi connectivity index (χ0v) is 19.8. The van der Waals surface area contributed by atoms with Gasteiger partial charge in [0.15, 0.2) is 0 Å². The van der Waals surface area contributed by atoms with Crippen molar-refractivity contribution in [2.24, 2.45) is 0 Å². The van der Waals surface area contributed by atoms with Crippen molar-refractivity contribution in [3.8, 4) is 11.1 Å². The average Bonchev–Trinajstić information content (AvgIpc) is 2.79. The van der Waals surface area contributed by atoms with Crippen LogP contribution in [0.2, 0.25) is 10.0 Å². The SMILES string of the molecule is CNc1ncnc2ccc(-c3ccc(F)c(CCNS(=O)(=O)c4ccc(Cl)cc4Cl)c3)cc12. The fourth-order valence-electron chi connectivity index (χ4n) is 3.47. The standard InChI is InChI=1S/C23H19Cl2FN4O2S/c1-27-23-18-11-15(3-6-21(18)28-13-29-23)14-2-5-20(26)16(10-14)8-9-30-33(31,32)22-7-4-17(24)12-19(22)25/h2-7,10-13,30H,8-9H2,1H3,(H,27,28,29). The molecule has 4 aromatic rings. The molecule has 0 amide bonds. The number of nitrogens with one attached hydrogen (secondary N) is 2. The predicted octanol–water partition coefficient (Wildman–Crippen LogP) is 5.31. The highest BCUT2D eigenvalue weighted by Gasteiger charge is 2.18. The third-order valence-corrected chi connectivity index (χ3v) is 7.30. The Morgan fingerprint density at radius 3 is 2.48 bits per heavy atom. The zero-order valence-electron chi connectivity index (χ0n) is 17.4. The smallest absolute Gasteiger partial charge is 0.242 e. The van der Waals surface area contributed by atoms with E-state index in [-0.39, 0.29) is 22.9 Å². The molecule has 0 saturated heterocycles. The van der Waals surface area contributed by atoms with Crippen molar-refractivity contribution in [2.45, 2.75) is 11.3 Å². The lowest BCUT2D eigenvalue weighted by atomic mass is 10.00. The van der Waals surface area contributed by atoms with Crippen molar-refractivity contribution in [2.75, 3.05) is 18.9 Å². The fourth-order valence-corrected chi connectivity index (χ4v) is 5.27. The Morgan fingerprint density at radius 1 is 0.970 bits per heavy atom. The van der Waals surface area contributed by atoms with Crippen molar-refractivity contribution < 1.29 is 12.8 Å². The molecule has 3 aromatic carbocycles. The number of nitrogens with zero attached hydrogens (tertiary/aromatic N) is 2. The van der Waals surface area contributed by atoms with Crippen LogP contribution in [0.3, 0.4) is 0 Å². The van der Waals surface area contributed by atoms with Crippen LogP contribution in [-0.2, 0) is 16.4 Å². The molecule has 4 rings (SSSR count). The van der Waals surface area contributed by atoms with Crippen LogP contribution in [-0.4, -0.2) is 32.0 Å². The lowest BCUT2D eigenvalue weighted by Gasteiger charge is -2.11. The van der Waals surface area contributed by atoms with Crippen molar-refractivity contribution >= 4 is 49.9 Å². The van der Waals surface area contributed by atoms with E-state index < -0.39 is 15.8 Å². The van der Waals surface area contributed by atoms with E-state index in [9.17, 15) is 12.8 Å². The number of fused-ring (bicyclic) bond motifs is 1. The largest absolute Gasteiger partial charge is 0.373 e. The van der Waals surface area contributed by atoms with Gasteiger partial charge in [-0.15, -0.1) is 0 Å². The Bertz CT molecular complexity index is 1450. The van der Waals surface area contributed by atoms with Gasteiger partial charge in [-0.1, -0.05) is 35.3 Å². The Morgan fingerprint density at radius 2 is 1.73 bits per heavy atom. The second kappa shape index (κ2) is 9.61. The molecule has 10 heteroatoms. The number of hydrogen-bond acceptors (Lipinski definition) is 5. The van der Waals surface area contributed by atoms with E-state index in [2.05, 4.69) is 20.0 Å². The monoisotopic (exact) mass is 504 g/mol. The first kappa shape index (κ1) is 23.4. The second-order valence-electron chi connectivity index (χ2n) is 7.23. The quantitative estimate of drug-likeness (QED) is 0.356. The summed E-state index contributed by atoms with van der Waals surface area (Å²) in [6, 6.07) is 14.6. The summed E-state index contributed by atoms with van der Waals surface area (Å²) in [5, 5.41) is 4.23. The normalized spacial score (nSPS) is 11.6. The minimum absolute atomic E-state index is 0.00285. The first-order valence-electron chi connectivity index (χ1n) is 9.94. The van der Waals surface area contributed by atoms with Gasteiger partial charge in [0.2, 0.25) is 10.0 Å². The van der Waals surface area contributed by atoms with Gasteiger partial charge in [0.25, 0.3) is 0 Å². The van der Waals surface area contributed by atoms with Crippen LogP contribution in [0.25, 0.3) is 22.0 Å². The van der Waals surface area contributed by atoms with Gasteiger partial charge < -0.3 is 5.32 Å². The van der Waals surface area contributed by atoms with Gasteiger partial charge in [-0.05, 0) is 65.6 Å². The molecule has 1 heterocycles. The van der Waals surface area contributed by atoms with E-state index in [0.717, 1.165) is 22.0 Å². The topological polar surface area (TPSA) is 84.0 Å². The van der Waals surface area contributed by atoms with Gasteiger partial charge in [0.1, 0.15) is 22.9 Å². The summed E-state index contributed by atoms with van der Waals surface area (Å²) < 4.78 is 42.1. The molecular formula is C23H19Cl2FN4O2S. The van der Waals surface area contributed by atoms with Gasteiger partial charge in [0.05, 0.1) is 10.5 Å². The molecular weight excluding hydrogens is 486 g/mol. The van der Waals surface area contributed by atoms with E-state index in [4.69, 9.17) is 23.2 Å². The maximum Gasteiger partial charge on any atom is 0.242 e. The summed E-state index contributed by atoms with van der Waals surface area (Å²) >= 11 is 11.8. The molecule has 0 aliphatic heterocycles. The van der Waals surface area contributed by atoms with Crippen molar-refractivity contribution in [3.63, 3.8) is 0 Å². The molecule has 0 aliphatic rings. The molecule has 1 aromatic heterocycles. The van der Waals surface area contributed by atoms with E-state index in [0.29, 0.717) is 16.4 Å². The second-order valence-corrected chi connectivity index (χ2v) is 9.81. The maximum absolute atomic E-state index is 14.5. The van der Waals surface area contributed by atoms with E-state index >= 15 is 0 Å². The molecule has 0 fully saturated rings. The third kappa shape index (κ3) is 5.09. The number of rotatable bonds is 7. The van der Waals surface area contributed by atoms with Crippen LogP contribution in [0.15, 0.2) is 65.8 Å². The first-order chi connectivity index (χ1) is 15.8. The number of sulfonamides is 1. The number of anilines is 1. The van der Waals surface area contributed by atoms with Crippen LogP contribution in [0.1, 0.15) is 5.56 Å². The van der Waals surface area contributed by atoms with Crippen molar-refractivity contribution in [1.29, 1.82) is 0 Å². The van der Waals surface area contributed by atoms with Gasteiger partial charge >= 0.3 is 0 Å². The van der Waals surface area contributed by atoms with E-state index in [1.165, 1.54) is 30.6 Å². The number of halogens is 3. The van der Waals surface area contributed by atoms with Gasteiger partial charge in [-0.25, -0.2) is 27.5 Å². The molecule has 33 heavy (non-hydrogen) atoms. The van der Waals surface area contributed by atoms with Gasteiger partial charge in [-0.2, -0.15) is 0 Å². The minimum atomic E-state index is -3.87. The fraction of sp³-hybridized carbons (Fsp3) is 0.130. The molecule has 170 valence electrons. The van der Waals surface area contributed by atoms with Crippen LogP contribution in [0.4, 0.5) is 10.2 Å². The molecule has 2 N–H and O–H groups in total. The number of benzene rings is 3. The van der Waals surface area contributed by atoms with E-state index in [1.54, 1.807) is 19.2 Å². The van der Waals surface area contributed by atoms with Crippen LogP contribution in [0.5, 0.6) is 0 Å². The minimum Gasteiger partial charge on any atom is -0.373 e. The highest BCUT2D eigenvalue weighted by atomic mass is 35.5. The highest BCUT2D eigenvalue weighted by Crippen LogP contribution is 2.28. The number of aromatic nitrogens is 2. The molecule has 0 spiro atoms. The van der Waals surface area contributed by atoms with Crippen molar-refractivity contribution in [1.82, 2.24) is 14.7 Å². The molecule has 0 aliphatic carbocycles. The number of hydrogen-bond donors (Lipinski definition) is 2. The van der Waals surface area contributed by atoms with Crippen LogP contribution in [0, 0.1) is 5.82 Å². The lowest BCUT2D eigenvalue weighted by molar-refractivity contribution is 0.577. The first-order valence-corrected chi connectivity index (χ1v) is 12.2.